The largest absolute Gasteiger partial charge is 0.396 e. The summed E-state index contributed by atoms with van der Waals surface area (Å²) in [5.74, 6) is 1.75. The second-order valence-corrected chi connectivity index (χ2v) is 7.78. The minimum atomic E-state index is 0.216. The average Bonchev–Trinajstić information content (AvgIpc) is 2.80. The molecule has 2 nitrogen and oxygen atoms in total. The van der Waals surface area contributed by atoms with Gasteiger partial charge in [0.05, 0.1) is 0 Å². The van der Waals surface area contributed by atoms with Crippen molar-refractivity contribution in [3.63, 3.8) is 0 Å². The lowest BCUT2D eigenvalue weighted by Gasteiger charge is -2.36. The predicted octanol–water partition coefficient (Wildman–Crippen LogP) is 4.08. The molecular formula is C18H35NO. The number of aliphatic hydroxyl groups excluding tert-OH is 1. The summed E-state index contributed by atoms with van der Waals surface area (Å²) in [7, 11) is 0. The molecule has 2 fully saturated rings. The third-order valence-electron chi connectivity index (χ3n) is 5.87. The van der Waals surface area contributed by atoms with Gasteiger partial charge in [0.2, 0.25) is 0 Å². The lowest BCUT2D eigenvalue weighted by molar-refractivity contribution is 0.0599. The number of hydrogen-bond acceptors (Lipinski definition) is 2. The molecule has 0 aromatic carbocycles. The first-order chi connectivity index (χ1) is 9.65. The van der Waals surface area contributed by atoms with E-state index in [0.29, 0.717) is 6.61 Å². The van der Waals surface area contributed by atoms with Gasteiger partial charge in [0, 0.05) is 18.6 Å². The van der Waals surface area contributed by atoms with Gasteiger partial charge in [0.15, 0.2) is 0 Å². The van der Waals surface area contributed by atoms with E-state index in [2.05, 4.69) is 18.7 Å². The second-order valence-electron chi connectivity index (χ2n) is 7.78. The molecule has 118 valence electrons. The Morgan fingerprint density at radius 2 is 1.70 bits per heavy atom. The van der Waals surface area contributed by atoms with E-state index < -0.39 is 0 Å². The fraction of sp³-hybridized carbons (Fsp3) is 1.00. The van der Waals surface area contributed by atoms with E-state index >= 15 is 0 Å². The van der Waals surface area contributed by atoms with E-state index in [-0.39, 0.29) is 5.41 Å². The lowest BCUT2D eigenvalue weighted by Crippen LogP contribution is -2.40. The van der Waals surface area contributed by atoms with E-state index in [9.17, 15) is 5.11 Å². The Kier molecular flexibility index (Phi) is 6.35. The number of aliphatic hydroxyl groups is 1. The number of nitrogens with zero attached hydrogens (tertiary/aromatic N) is 1. The summed E-state index contributed by atoms with van der Waals surface area (Å²) < 4.78 is 0. The summed E-state index contributed by atoms with van der Waals surface area (Å²) in [4.78, 5) is 2.67. The van der Waals surface area contributed by atoms with E-state index in [1.165, 1.54) is 70.9 Å². The molecule has 20 heavy (non-hydrogen) atoms. The summed E-state index contributed by atoms with van der Waals surface area (Å²) in [6, 6.07) is 0. The van der Waals surface area contributed by atoms with Crippen molar-refractivity contribution in [3.05, 3.63) is 0 Å². The summed E-state index contributed by atoms with van der Waals surface area (Å²) in [5, 5.41) is 9.98. The first kappa shape index (κ1) is 16.3. The Hall–Kier alpha value is -0.0800. The third kappa shape index (κ3) is 4.46. The molecule has 0 radical (unpaired) electrons. The molecule has 0 spiro atoms. The molecule has 1 aliphatic carbocycles. The maximum Gasteiger partial charge on any atom is 0.0499 e. The third-order valence-corrected chi connectivity index (χ3v) is 5.87. The van der Waals surface area contributed by atoms with Crippen LogP contribution >= 0.6 is 0 Å². The van der Waals surface area contributed by atoms with E-state index in [0.717, 1.165) is 18.4 Å². The van der Waals surface area contributed by atoms with Crippen molar-refractivity contribution in [2.75, 3.05) is 26.2 Å². The molecular weight excluding hydrogens is 246 g/mol. The van der Waals surface area contributed by atoms with Gasteiger partial charge in [-0.25, -0.2) is 0 Å². The van der Waals surface area contributed by atoms with Crippen molar-refractivity contribution in [2.45, 2.75) is 71.6 Å². The van der Waals surface area contributed by atoms with Gasteiger partial charge in [0.1, 0.15) is 0 Å². The predicted molar refractivity (Wildman–Crippen MR) is 85.8 cm³/mol. The van der Waals surface area contributed by atoms with E-state index in [1.54, 1.807) is 0 Å². The minimum Gasteiger partial charge on any atom is -0.396 e. The number of hydrogen-bond donors (Lipinski definition) is 1. The van der Waals surface area contributed by atoms with Gasteiger partial charge in [0.25, 0.3) is 0 Å². The molecule has 0 amide bonds. The molecule has 1 atom stereocenters. The van der Waals surface area contributed by atoms with Crippen LogP contribution in [0.15, 0.2) is 0 Å². The summed E-state index contributed by atoms with van der Waals surface area (Å²) in [5.41, 5.74) is 0.216. The van der Waals surface area contributed by atoms with Crippen molar-refractivity contribution < 1.29 is 5.11 Å². The molecule has 1 N–H and O–H groups in total. The average molecular weight is 281 g/mol. The fourth-order valence-corrected chi connectivity index (χ4v) is 4.33. The second kappa shape index (κ2) is 7.79. The van der Waals surface area contributed by atoms with Crippen LogP contribution in [0.1, 0.15) is 71.6 Å². The molecule has 0 aromatic heterocycles. The lowest BCUT2D eigenvalue weighted by atomic mass is 9.80. The van der Waals surface area contributed by atoms with Gasteiger partial charge in [-0.1, -0.05) is 39.5 Å². The van der Waals surface area contributed by atoms with Crippen LogP contribution < -0.4 is 0 Å². The SMILES string of the molecule is CC(C)C1CCCN(CC2(CO)CCCCCC2)CC1. The Bertz CT molecular complexity index is 269. The van der Waals surface area contributed by atoms with Gasteiger partial charge < -0.3 is 10.0 Å². The van der Waals surface area contributed by atoms with Gasteiger partial charge in [-0.05, 0) is 57.0 Å². The highest BCUT2D eigenvalue weighted by molar-refractivity contribution is 4.85. The van der Waals surface area contributed by atoms with Gasteiger partial charge in [-0.2, -0.15) is 0 Å². The molecule has 1 aliphatic heterocycles. The summed E-state index contributed by atoms with van der Waals surface area (Å²) in [6.07, 6.45) is 12.0. The highest BCUT2D eigenvalue weighted by Gasteiger charge is 2.33. The van der Waals surface area contributed by atoms with Crippen molar-refractivity contribution in [1.82, 2.24) is 4.90 Å². The van der Waals surface area contributed by atoms with Gasteiger partial charge in [-0.3, -0.25) is 0 Å². The zero-order valence-electron chi connectivity index (χ0n) is 13.7. The summed E-state index contributed by atoms with van der Waals surface area (Å²) in [6.45, 7) is 8.81. The van der Waals surface area contributed by atoms with Crippen molar-refractivity contribution in [1.29, 1.82) is 0 Å². The highest BCUT2D eigenvalue weighted by atomic mass is 16.3. The first-order valence-electron chi connectivity index (χ1n) is 8.98. The molecule has 2 heteroatoms. The zero-order chi connectivity index (χ0) is 14.4. The molecule has 2 rings (SSSR count). The van der Waals surface area contributed by atoms with Crippen LogP contribution in [-0.4, -0.2) is 36.2 Å². The van der Waals surface area contributed by atoms with Crippen molar-refractivity contribution in [2.24, 2.45) is 17.3 Å². The normalized spacial score (nSPS) is 29.1. The minimum absolute atomic E-state index is 0.216. The molecule has 1 unspecified atom stereocenters. The Labute approximate surface area is 125 Å². The fourth-order valence-electron chi connectivity index (χ4n) is 4.33. The van der Waals surface area contributed by atoms with Crippen molar-refractivity contribution >= 4 is 0 Å². The van der Waals surface area contributed by atoms with E-state index in [4.69, 9.17) is 0 Å². The van der Waals surface area contributed by atoms with Gasteiger partial charge in [-0.15, -0.1) is 0 Å². The Morgan fingerprint density at radius 3 is 2.30 bits per heavy atom. The highest BCUT2D eigenvalue weighted by Crippen LogP contribution is 2.36. The molecule has 1 saturated heterocycles. The van der Waals surface area contributed by atoms with Crippen LogP contribution in [0.3, 0.4) is 0 Å². The Morgan fingerprint density at radius 1 is 1.00 bits per heavy atom. The number of likely N-dealkylation sites (tertiary alicyclic amines) is 1. The smallest absolute Gasteiger partial charge is 0.0499 e. The molecule has 2 aliphatic rings. The van der Waals surface area contributed by atoms with Crippen LogP contribution in [0.2, 0.25) is 0 Å². The molecule has 1 heterocycles. The van der Waals surface area contributed by atoms with E-state index in [1.807, 2.05) is 0 Å². The van der Waals surface area contributed by atoms with Crippen LogP contribution in [0, 0.1) is 17.3 Å². The van der Waals surface area contributed by atoms with Crippen LogP contribution in [0.25, 0.3) is 0 Å². The molecule has 0 aromatic rings. The van der Waals surface area contributed by atoms with Crippen LogP contribution in [0.4, 0.5) is 0 Å². The molecule has 0 bridgehead atoms. The van der Waals surface area contributed by atoms with Crippen molar-refractivity contribution in [3.8, 4) is 0 Å². The zero-order valence-corrected chi connectivity index (χ0v) is 13.7. The monoisotopic (exact) mass is 281 g/mol. The number of rotatable bonds is 4. The first-order valence-corrected chi connectivity index (χ1v) is 8.98. The maximum atomic E-state index is 9.98. The maximum absolute atomic E-state index is 9.98. The van der Waals surface area contributed by atoms with Crippen LogP contribution in [-0.2, 0) is 0 Å². The van der Waals surface area contributed by atoms with Gasteiger partial charge >= 0.3 is 0 Å². The molecule has 1 saturated carbocycles. The Balaban J connectivity index is 1.90. The van der Waals surface area contributed by atoms with Crippen LogP contribution in [0.5, 0.6) is 0 Å². The topological polar surface area (TPSA) is 23.5 Å². The standard InChI is InChI=1S/C18H35NO/c1-16(2)17-8-7-12-19(13-9-17)14-18(15-20)10-5-3-4-6-11-18/h16-17,20H,3-15H2,1-2H3. The summed E-state index contributed by atoms with van der Waals surface area (Å²) >= 11 is 0. The quantitative estimate of drug-likeness (QED) is 0.785.